The Morgan fingerprint density at radius 2 is 1.65 bits per heavy atom. The van der Waals surface area contributed by atoms with E-state index >= 15 is 0 Å². The van der Waals surface area contributed by atoms with Crippen molar-refractivity contribution in [3.05, 3.63) is 65.7 Å². The fourth-order valence-electron chi connectivity index (χ4n) is 1.76. The second-order valence-electron chi connectivity index (χ2n) is 4.54. The van der Waals surface area contributed by atoms with Gasteiger partial charge < -0.3 is 9.47 Å². The van der Waals surface area contributed by atoms with Crippen molar-refractivity contribution in [2.45, 2.75) is 13.3 Å². The molecule has 2 aromatic carbocycles. The summed E-state index contributed by atoms with van der Waals surface area (Å²) in [6, 6.07) is 17.3. The van der Waals surface area contributed by atoms with E-state index in [2.05, 4.69) is 0 Å². The van der Waals surface area contributed by atoms with E-state index in [1.165, 1.54) is 5.56 Å². The van der Waals surface area contributed by atoms with Crippen LogP contribution in [-0.2, 0) is 16.0 Å². The third-order valence-electron chi connectivity index (χ3n) is 2.83. The minimum atomic E-state index is -0.233. The fourth-order valence-corrected chi connectivity index (χ4v) is 1.76. The van der Waals surface area contributed by atoms with Gasteiger partial charge in [-0.25, -0.2) is 0 Å². The molecule has 0 spiro atoms. The van der Waals surface area contributed by atoms with Gasteiger partial charge >= 0.3 is 5.97 Å². The van der Waals surface area contributed by atoms with Gasteiger partial charge in [0.2, 0.25) is 0 Å². The van der Waals surface area contributed by atoms with Gasteiger partial charge in [0, 0.05) is 0 Å². The molecule has 0 aromatic heterocycles. The molecule has 3 nitrogen and oxygen atoms in total. The molecule has 0 saturated carbocycles. The molecule has 0 aliphatic heterocycles. The summed E-state index contributed by atoms with van der Waals surface area (Å²) in [5.74, 6) is 0.554. The second kappa shape index (κ2) is 7.34. The van der Waals surface area contributed by atoms with Gasteiger partial charge in [-0.15, -0.1) is 0 Å². The van der Waals surface area contributed by atoms with Crippen LogP contribution in [0.25, 0.3) is 0 Å². The summed E-state index contributed by atoms with van der Waals surface area (Å²) in [5.41, 5.74) is 2.14. The molecular weight excluding hydrogens is 252 g/mol. The van der Waals surface area contributed by atoms with Crippen molar-refractivity contribution in [3.63, 3.8) is 0 Å². The van der Waals surface area contributed by atoms with E-state index in [0.717, 1.165) is 11.3 Å². The number of hydrogen-bond acceptors (Lipinski definition) is 3. The molecule has 0 aliphatic carbocycles. The first kappa shape index (κ1) is 14.1. The molecule has 0 unspecified atom stereocenters. The van der Waals surface area contributed by atoms with Crippen LogP contribution in [0.15, 0.2) is 54.6 Å². The minimum absolute atomic E-state index is 0.233. The van der Waals surface area contributed by atoms with Crippen molar-refractivity contribution >= 4 is 5.97 Å². The molecule has 0 heterocycles. The van der Waals surface area contributed by atoms with Crippen molar-refractivity contribution in [1.82, 2.24) is 0 Å². The molecular formula is C17H18O3. The zero-order chi connectivity index (χ0) is 14.2. The quantitative estimate of drug-likeness (QED) is 0.597. The first-order valence-electron chi connectivity index (χ1n) is 6.63. The number of carbonyl (C=O) groups excluding carboxylic acids is 1. The molecule has 0 aliphatic rings. The van der Waals surface area contributed by atoms with E-state index in [0.29, 0.717) is 13.0 Å². The third-order valence-corrected chi connectivity index (χ3v) is 2.83. The first-order valence-corrected chi connectivity index (χ1v) is 6.63. The first-order chi connectivity index (χ1) is 9.74. The van der Waals surface area contributed by atoms with Crippen LogP contribution in [0.4, 0.5) is 0 Å². The van der Waals surface area contributed by atoms with Crippen molar-refractivity contribution in [2.75, 3.05) is 13.2 Å². The predicted molar refractivity (Wildman–Crippen MR) is 77.8 cm³/mol. The molecule has 3 heteroatoms. The highest BCUT2D eigenvalue weighted by Crippen LogP contribution is 2.11. The maximum Gasteiger partial charge on any atom is 0.310 e. The second-order valence-corrected chi connectivity index (χ2v) is 4.54. The number of hydrogen-bond donors (Lipinski definition) is 0. The van der Waals surface area contributed by atoms with Crippen LogP contribution in [-0.4, -0.2) is 19.2 Å². The molecule has 0 fully saturated rings. The van der Waals surface area contributed by atoms with Crippen molar-refractivity contribution in [2.24, 2.45) is 0 Å². The fraction of sp³-hybridized carbons (Fsp3) is 0.235. The van der Waals surface area contributed by atoms with E-state index < -0.39 is 0 Å². The Bertz CT molecular complexity index is 532. The Hall–Kier alpha value is -2.29. The summed E-state index contributed by atoms with van der Waals surface area (Å²) < 4.78 is 10.6. The Kier molecular flexibility index (Phi) is 5.18. The molecule has 0 saturated heterocycles. The average Bonchev–Trinajstić information content (AvgIpc) is 2.46. The van der Waals surface area contributed by atoms with Crippen LogP contribution in [0.5, 0.6) is 5.75 Å². The van der Waals surface area contributed by atoms with Crippen LogP contribution < -0.4 is 4.74 Å². The van der Waals surface area contributed by atoms with Crippen LogP contribution in [0.2, 0.25) is 0 Å². The Labute approximate surface area is 119 Å². The zero-order valence-corrected chi connectivity index (χ0v) is 11.5. The summed E-state index contributed by atoms with van der Waals surface area (Å²) in [4.78, 5) is 11.6. The van der Waals surface area contributed by atoms with Gasteiger partial charge in [0.05, 0.1) is 6.42 Å². The van der Waals surface area contributed by atoms with Crippen molar-refractivity contribution < 1.29 is 14.3 Å². The number of esters is 1. The van der Waals surface area contributed by atoms with E-state index in [9.17, 15) is 4.79 Å². The maximum atomic E-state index is 11.6. The van der Waals surface area contributed by atoms with Gasteiger partial charge in [-0.3, -0.25) is 4.79 Å². The van der Waals surface area contributed by atoms with Gasteiger partial charge in [0.25, 0.3) is 0 Å². The smallest absolute Gasteiger partial charge is 0.310 e. The molecule has 0 amide bonds. The van der Waals surface area contributed by atoms with Crippen LogP contribution >= 0.6 is 0 Å². The van der Waals surface area contributed by atoms with Gasteiger partial charge in [-0.1, -0.05) is 48.0 Å². The average molecular weight is 270 g/mol. The van der Waals surface area contributed by atoms with E-state index in [1.54, 1.807) is 0 Å². The van der Waals surface area contributed by atoms with E-state index in [4.69, 9.17) is 9.47 Å². The highest BCUT2D eigenvalue weighted by Gasteiger charge is 2.04. The lowest BCUT2D eigenvalue weighted by Gasteiger charge is -2.07. The van der Waals surface area contributed by atoms with Crippen molar-refractivity contribution in [1.29, 1.82) is 0 Å². The van der Waals surface area contributed by atoms with Crippen molar-refractivity contribution in [3.8, 4) is 5.75 Å². The summed E-state index contributed by atoms with van der Waals surface area (Å²) in [5, 5.41) is 0. The molecule has 2 rings (SSSR count). The molecule has 0 radical (unpaired) electrons. The number of carbonyl (C=O) groups is 1. The summed E-state index contributed by atoms with van der Waals surface area (Å²) >= 11 is 0. The van der Waals surface area contributed by atoms with E-state index in [1.807, 2.05) is 61.5 Å². The zero-order valence-electron chi connectivity index (χ0n) is 11.5. The van der Waals surface area contributed by atoms with Crippen LogP contribution in [0.1, 0.15) is 11.1 Å². The molecule has 0 N–H and O–H groups in total. The van der Waals surface area contributed by atoms with Gasteiger partial charge in [0.15, 0.2) is 0 Å². The normalized spacial score (nSPS) is 10.1. The Balaban J connectivity index is 1.66. The van der Waals surface area contributed by atoms with Gasteiger partial charge in [-0.2, -0.15) is 0 Å². The van der Waals surface area contributed by atoms with Gasteiger partial charge in [-0.05, 0) is 24.6 Å². The van der Waals surface area contributed by atoms with Gasteiger partial charge in [0.1, 0.15) is 19.0 Å². The predicted octanol–water partition coefficient (Wildman–Crippen LogP) is 3.16. The number of aryl methyl sites for hydroxylation is 1. The number of rotatable bonds is 6. The molecule has 2 aromatic rings. The standard InChI is InChI=1S/C17H18O3/c1-14-7-9-16(10-8-14)19-11-12-20-17(18)13-15-5-3-2-4-6-15/h2-10H,11-13H2,1H3. The highest BCUT2D eigenvalue weighted by molar-refractivity contribution is 5.72. The number of ether oxygens (including phenoxy) is 2. The summed E-state index contributed by atoms with van der Waals surface area (Å²) in [6.45, 7) is 2.65. The lowest BCUT2D eigenvalue weighted by atomic mass is 10.2. The summed E-state index contributed by atoms with van der Waals surface area (Å²) in [6.07, 6.45) is 0.297. The minimum Gasteiger partial charge on any atom is -0.490 e. The third kappa shape index (κ3) is 4.76. The molecule has 0 bridgehead atoms. The largest absolute Gasteiger partial charge is 0.490 e. The van der Waals surface area contributed by atoms with Crippen LogP contribution in [0, 0.1) is 6.92 Å². The molecule has 20 heavy (non-hydrogen) atoms. The topological polar surface area (TPSA) is 35.5 Å². The molecule has 0 atom stereocenters. The Morgan fingerprint density at radius 3 is 2.35 bits per heavy atom. The molecule has 104 valence electrons. The maximum absolute atomic E-state index is 11.6. The lowest BCUT2D eigenvalue weighted by Crippen LogP contribution is -2.13. The SMILES string of the molecule is Cc1ccc(OCCOC(=O)Cc2ccccc2)cc1. The monoisotopic (exact) mass is 270 g/mol. The Morgan fingerprint density at radius 1 is 0.950 bits per heavy atom. The highest BCUT2D eigenvalue weighted by atomic mass is 16.6. The number of benzene rings is 2. The van der Waals surface area contributed by atoms with Crippen LogP contribution in [0.3, 0.4) is 0 Å². The summed E-state index contributed by atoms with van der Waals surface area (Å²) in [7, 11) is 0. The van der Waals surface area contributed by atoms with E-state index in [-0.39, 0.29) is 12.6 Å². The lowest BCUT2D eigenvalue weighted by molar-refractivity contribution is -0.143.